The van der Waals surface area contributed by atoms with Crippen molar-refractivity contribution >= 4 is 5.82 Å². The van der Waals surface area contributed by atoms with Gasteiger partial charge in [0.1, 0.15) is 17.3 Å². The number of anilines is 1. The molecule has 0 saturated carbocycles. The van der Waals surface area contributed by atoms with E-state index in [1.807, 2.05) is 38.1 Å². The topological polar surface area (TPSA) is 73.5 Å². The van der Waals surface area contributed by atoms with E-state index in [2.05, 4.69) is 26.1 Å². The number of benzene rings is 1. The van der Waals surface area contributed by atoms with Gasteiger partial charge in [-0.2, -0.15) is 4.98 Å². The minimum absolute atomic E-state index is 0.188. The van der Waals surface area contributed by atoms with Crippen LogP contribution in [0.15, 0.2) is 41.1 Å². The van der Waals surface area contributed by atoms with E-state index < -0.39 is 0 Å². The lowest BCUT2D eigenvalue weighted by atomic mass is 10.0. The minimum atomic E-state index is 0.188. The second kappa shape index (κ2) is 8.11. The van der Waals surface area contributed by atoms with Crippen molar-refractivity contribution in [3.8, 4) is 23.0 Å². The summed E-state index contributed by atoms with van der Waals surface area (Å²) in [6, 6.07) is 10.1. The predicted molar refractivity (Wildman–Crippen MR) is 110 cm³/mol. The molecule has 1 unspecified atom stereocenters. The van der Waals surface area contributed by atoms with Gasteiger partial charge < -0.3 is 18.9 Å². The summed E-state index contributed by atoms with van der Waals surface area (Å²) in [7, 11) is 3.35. The molecule has 1 aliphatic rings. The molecule has 152 valence electrons. The Morgan fingerprint density at radius 3 is 2.72 bits per heavy atom. The van der Waals surface area contributed by atoms with Gasteiger partial charge in [0, 0.05) is 35.9 Å². The van der Waals surface area contributed by atoms with Crippen LogP contribution in [0, 0.1) is 0 Å². The van der Waals surface area contributed by atoms with Crippen LogP contribution >= 0.6 is 0 Å². The Labute approximate surface area is 170 Å². The van der Waals surface area contributed by atoms with Gasteiger partial charge >= 0.3 is 0 Å². The van der Waals surface area contributed by atoms with E-state index in [1.54, 1.807) is 20.4 Å². The summed E-state index contributed by atoms with van der Waals surface area (Å²) in [5.74, 6) is 3.96. The van der Waals surface area contributed by atoms with Crippen molar-refractivity contribution in [2.24, 2.45) is 0 Å². The molecule has 0 spiro atoms. The quantitative estimate of drug-likeness (QED) is 0.604. The van der Waals surface area contributed by atoms with Crippen molar-refractivity contribution < 1.29 is 14.0 Å². The summed E-state index contributed by atoms with van der Waals surface area (Å²) in [6.45, 7) is 5.02. The van der Waals surface area contributed by atoms with E-state index in [-0.39, 0.29) is 12.0 Å². The largest absolute Gasteiger partial charge is 0.497 e. The molecule has 0 aliphatic carbocycles. The average Bonchev–Trinajstić information content (AvgIpc) is 3.43. The number of ether oxygens (including phenoxy) is 2. The Morgan fingerprint density at radius 1 is 1.14 bits per heavy atom. The number of methoxy groups -OCH3 is 2. The first-order valence-electron chi connectivity index (χ1n) is 9.89. The zero-order chi connectivity index (χ0) is 20.4. The second-order valence-electron chi connectivity index (χ2n) is 7.47. The van der Waals surface area contributed by atoms with Gasteiger partial charge in [-0.05, 0) is 37.1 Å². The molecule has 0 amide bonds. The molecule has 2 aromatic heterocycles. The van der Waals surface area contributed by atoms with Gasteiger partial charge in [-0.15, -0.1) is 0 Å². The molecule has 1 atom stereocenters. The molecule has 7 nitrogen and oxygen atoms in total. The number of hydrogen-bond donors (Lipinski definition) is 0. The summed E-state index contributed by atoms with van der Waals surface area (Å²) in [6.07, 6.45) is 3.92. The fourth-order valence-electron chi connectivity index (χ4n) is 3.75. The van der Waals surface area contributed by atoms with Crippen LogP contribution in [0.2, 0.25) is 0 Å². The summed E-state index contributed by atoms with van der Waals surface area (Å²) < 4.78 is 16.4. The van der Waals surface area contributed by atoms with Crippen molar-refractivity contribution in [2.75, 3.05) is 25.7 Å². The van der Waals surface area contributed by atoms with Crippen molar-refractivity contribution in [2.45, 2.75) is 38.6 Å². The summed E-state index contributed by atoms with van der Waals surface area (Å²) in [4.78, 5) is 11.5. The first kappa shape index (κ1) is 19.2. The molecule has 1 aliphatic heterocycles. The lowest BCUT2D eigenvalue weighted by molar-refractivity contribution is 0.388. The fourth-order valence-corrected chi connectivity index (χ4v) is 3.75. The molecule has 7 heteroatoms. The van der Waals surface area contributed by atoms with Gasteiger partial charge in [-0.25, -0.2) is 4.98 Å². The average molecular weight is 394 g/mol. The molecule has 1 fully saturated rings. The van der Waals surface area contributed by atoms with E-state index in [0.29, 0.717) is 11.7 Å². The summed E-state index contributed by atoms with van der Waals surface area (Å²) in [5, 5.41) is 4.07. The third-order valence-electron chi connectivity index (χ3n) is 5.30. The molecule has 3 heterocycles. The first-order chi connectivity index (χ1) is 14.1. The third kappa shape index (κ3) is 3.77. The van der Waals surface area contributed by atoms with Crippen LogP contribution in [0.5, 0.6) is 11.5 Å². The Morgan fingerprint density at radius 2 is 2.00 bits per heavy atom. The molecule has 3 aromatic rings. The standard InChI is InChI=1S/C22H26N4O3/c1-14(2)21-24-22(29-25-21)15-9-10-23-20(12-15)26-11-5-6-18(26)17-8-7-16(27-3)13-19(17)28-4/h7-10,12-14,18H,5-6,11H2,1-4H3. The molecule has 1 saturated heterocycles. The van der Waals surface area contributed by atoms with Crippen LogP contribution in [0.1, 0.15) is 50.0 Å². The molecular weight excluding hydrogens is 368 g/mol. The van der Waals surface area contributed by atoms with Crippen molar-refractivity contribution in [1.29, 1.82) is 0 Å². The maximum atomic E-state index is 5.64. The zero-order valence-electron chi connectivity index (χ0n) is 17.3. The van der Waals surface area contributed by atoms with Crippen molar-refractivity contribution in [3.05, 3.63) is 47.9 Å². The van der Waals surface area contributed by atoms with E-state index in [9.17, 15) is 0 Å². The van der Waals surface area contributed by atoms with Gasteiger partial charge in [-0.1, -0.05) is 19.0 Å². The Kier molecular flexibility index (Phi) is 5.38. The number of pyridine rings is 1. The van der Waals surface area contributed by atoms with Gasteiger partial charge in [0.25, 0.3) is 5.89 Å². The molecular formula is C22H26N4O3. The SMILES string of the molecule is COc1ccc(C2CCCN2c2cc(-c3nc(C(C)C)no3)ccn2)c(OC)c1. The molecule has 0 radical (unpaired) electrons. The Bertz CT molecular complexity index is 986. The van der Waals surface area contributed by atoms with Crippen LogP contribution in [0.4, 0.5) is 5.82 Å². The van der Waals surface area contributed by atoms with Gasteiger partial charge in [0.2, 0.25) is 0 Å². The Hall–Kier alpha value is -3.09. The number of hydrogen-bond acceptors (Lipinski definition) is 7. The summed E-state index contributed by atoms with van der Waals surface area (Å²) in [5.41, 5.74) is 2.01. The Balaban J connectivity index is 1.66. The van der Waals surface area contributed by atoms with Crippen LogP contribution in [0.25, 0.3) is 11.5 Å². The number of aromatic nitrogens is 3. The highest BCUT2D eigenvalue weighted by atomic mass is 16.5. The first-order valence-corrected chi connectivity index (χ1v) is 9.89. The molecule has 0 bridgehead atoms. The maximum absolute atomic E-state index is 5.64. The lowest BCUT2D eigenvalue weighted by Gasteiger charge is -2.27. The number of rotatable bonds is 6. The van der Waals surface area contributed by atoms with Crippen LogP contribution in [-0.4, -0.2) is 35.9 Å². The van der Waals surface area contributed by atoms with Gasteiger partial charge in [-0.3, -0.25) is 0 Å². The molecule has 0 N–H and O–H groups in total. The van der Waals surface area contributed by atoms with Gasteiger partial charge in [0.15, 0.2) is 5.82 Å². The monoisotopic (exact) mass is 394 g/mol. The normalized spacial score (nSPS) is 16.4. The lowest BCUT2D eigenvalue weighted by Crippen LogP contribution is -2.24. The molecule has 1 aromatic carbocycles. The van der Waals surface area contributed by atoms with E-state index >= 15 is 0 Å². The molecule has 29 heavy (non-hydrogen) atoms. The summed E-state index contributed by atoms with van der Waals surface area (Å²) >= 11 is 0. The van der Waals surface area contributed by atoms with Crippen molar-refractivity contribution in [1.82, 2.24) is 15.1 Å². The van der Waals surface area contributed by atoms with E-state index in [0.717, 1.165) is 47.8 Å². The predicted octanol–water partition coefficient (Wildman–Crippen LogP) is 4.61. The van der Waals surface area contributed by atoms with Crippen molar-refractivity contribution in [3.63, 3.8) is 0 Å². The smallest absolute Gasteiger partial charge is 0.258 e. The maximum Gasteiger partial charge on any atom is 0.258 e. The highest BCUT2D eigenvalue weighted by Crippen LogP contribution is 2.41. The van der Waals surface area contributed by atoms with Crippen LogP contribution < -0.4 is 14.4 Å². The van der Waals surface area contributed by atoms with Crippen LogP contribution in [0.3, 0.4) is 0 Å². The second-order valence-corrected chi connectivity index (χ2v) is 7.47. The van der Waals surface area contributed by atoms with Crippen LogP contribution in [-0.2, 0) is 0 Å². The minimum Gasteiger partial charge on any atom is -0.497 e. The number of nitrogens with zero attached hydrogens (tertiary/aromatic N) is 4. The van der Waals surface area contributed by atoms with E-state index in [1.165, 1.54) is 0 Å². The highest BCUT2D eigenvalue weighted by Gasteiger charge is 2.30. The zero-order valence-corrected chi connectivity index (χ0v) is 17.3. The van der Waals surface area contributed by atoms with Gasteiger partial charge in [0.05, 0.1) is 20.3 Å². The fraction of sp³-hybridized carbons (Fsp3) is 0.409. The molecule has 4 rings (SSSR count). The highest BCUT2D eigenvalue weighted by molar-refractivity contribution is 5.60. The van der Waals surface area contributed by atoms with E-state index in [4.69, 9.17) is 14.0 Å². The third-order valence-corrected chi connectivity index (χ3v) is 5.30.